The van der Waals surface area contributed by atoms with Gasteiger partial charge in [-0.05, 0) is 32.6 Å². The first-order chi connectivity index (χ1) is 13.3. The molecular formula is C20H25N4O4. The molecule has 2 amide bonds. The average Bonchev–Trinajstić information content (AvgIpc) is 3.07. The zero-order valence-corrected chi connectivity index (χ0v) is 16.3. The largest absolute Gasteiger partial charge is 0.433 e. The number of primary amides is 1. The van der Waals surface area contributed by atoms with Gasteiger partial charge in [-0.2, -0.15) is 0 Å². The fourth-order valence-corrected chi connectivity index (χ4v) is 2.40. The van der Waals surface area contributed by atoms with Crippen molar-refractivity contribution in [2.45, 2.75) is 19.9 Å². The van der Waals surface area contributed by atoms with E-state index in [2.05, 4.69) is 10.3 Å². The van der Waals surface area contributed by atoms with E-state index in [4.69, 9.17) is 10.2 Å². The summed E-state index contributed by atoms with van der Waals surface area (Å²) in [5.74, 6) is -1.28. The van der Waals surface area contributed by atoms with Gasteiger partial charge in [0.1, 0.15) is 5.69 Å². The highest BCUT2D eigenvalue weighted by atomic mass is 16.4. The molecule has 1 aromatic carbocycles. The molecule has 8 nitrogen and oxygen atoms in total. The molecule has 1 atom stereocenters. The van der Waals surface area contributed by atoms with Gasteiger partial charge >= 0.3 is 0 Å². The molecule has 28 heavy (non-hydrogen) atoms. The van der Waals surface area contributed by atoms with Crippen molar-refractivity contribution < 1.29 is 18.8 Å². The molecule has 0 aliphatic heterocycles. The minimum absolute atomic E-state index is 0.123. The first kappa shape index (κ1) is 21.3. The smallest absolute Gasteiger partial charge is 0.227 e. The third-order valence-corrected chi connectivity index (χ3v) is 4.00. The maximum Gasteiger partial charge on any atom is 0.227 e. The second kappa shape index (κ2) is 9.80. The van der Waals surface area contributed by atoms with Crippen LogP contribution in [0.5, 0.6) is 0 Å². The van der Waals surface area contributed by atoms with Gasteiger partial charge in [-0.15, -0.1) is 0 Å². The minimum atomic E-state index is -0.483. The summed E-state index contributed by atoms with van der Waals surface area (Å²) >= 11 is 0. The number of aromatic nitrogens is 1. The fourth-order valence-electron chi connectivity index (χ4n) is 2.40. The first-order valence-corrected chi connectivity index (χ1v) is 8.91. The molecule has 0 bridgehead atoms. The van der Waals surface area contributed by atoms with Gasteiger partial charge < -0.3 is 20.4 Å². The summed E-state index contributed by atoms with van der Waals surface area (Å²) < 4.78 is 5.72. The topological polar surface area (TPSA) is 119 Å². The number of rotatable bonds is 10. The average molecular weight is 385 g/mol. The molecule has 2 rings (SSSR count). The molecule has 0 saturated carbocycles. The molecule has 3 N–H and O–H groups in total. The normalized spacial score (nSPS) is 12.0. The Morgan fingerprint density at radius 1 is 1.25 bits per heavy atom. The zero-order chi connectivity index (χ0) is 20.7. The Hall–Kier alpha value is -3.00. The number of nitrogens with two attached hydrogens (primary N) is 1. The number of hydrogen-bond acceptors (Lipinski definition) is 6. The third kappa shape index (κ3) is 6.02. The number of amides is 2. The summed E-state index contributed by atoms with van der Waals surface area (Å²) in [6, 6.07) is 9.28. The van der Waals surface area contributed by atoms with Crippen LogP contribution in [0.3, 0.4) is 0 Å². The summed E-state index contributed by atoms with van der Waals surface area (Å²) in [5.41, 5.74) is 6.43. The van der Waals surface area contributed by atoms with Crippen molar-refractivity contribution in [1.82, 2.24) is 15.2 Å². The molecule has 8 heteroatoms. The summed E-state index contributed by atoms with van der Waals surface area (Å²) in [6.45, 7) is 1.82. The molecule has 0 aliphatic rings. The number of Topliss-reactive ketones (excluding diaryl/α,β-unsaturated/α-hetero) is 1. The van der Waals surface area contributed by atoms with Crippen LogP contribution in [-0.4, -0.2) is 48.1 Å². The van der Waals surface area contributed by atoms with Crippen molar-refractivity contribution in [3.8, 4) is 11.5 Å². The highest BCUT2D eigenvalue weighted by molar-refractivity contribution is 5.99. The van der Waals surface area contributed by atoms with Crippen LogP contribution in [-0.2, 0) is 16.1 Å². The van der Waals surface area contributed by atoms with E-state index in [1.165, 1.54) is 6.42 Å². The van der Waals surface area contributed by atoms with Gasteiger partial charge in [0.2, 0.25) is 23.5 Å². The van der Waals surface area contributed by atoms with Gasteiger partial charge in [0.05, 0.1) is 13.0 Å². The third-order valence-electron chi connectivity index (χ3n) is 4.00. The predicted molar refractivity (Wildman–Crippen MR) is 104 cm³/mol. The summed E-state index contributed by atoms with van der Waals surface area (Å²) in [5, 5.41) is 2.51. The Bertz CT molecular complexity index is 830. The Morgan fingerprint density at radius 2 is 1.93 bits per heavy atom. The van der Waals surface area contributed by atoms with Crippen LogP contribution in [0.25, 0.3) is 11.5 Å². The maximum absolute atomic E-state index is 12.6. The number of carbonyl (C=O) groups is 3. The van der Waals surface area contributed by atoms with Gasteiger partial charge in [0.15, 0.2) is 5.76 Å². The van der Waals surface area contributed by atoms with Crippen molar-refractivity contribution in [3.05, 3.63) is 48.2 Å². The summed E-state index contributed by atoms with van der Waals surface area (Å²) in [7, 11) is 3.73. The lowest BCUT2D eigenvalue weighted by Gasteiger charge is -2.08. The second-order valence-electron chi connectivity index (χ2n) is 6.78. The second-order valence-corrected chi connectivity index (χ2v) is 6.78. The van der Waals surface area contributed by atoms with Crippen molar-refractivity contribution in [1.29, 1.82) is 0 Å². The molecule has 0 spiro atoms. The van der Waals surface area contributed by atoms with Crippen molar-refractivity contribution in [3.63, 3.8) is 0 Å². The number of nitrogens with one attached hydrogen (secondary N) is 1. The van der Waals surface area contributed by atoms with Crippen LogP contribution in [0.2, 0.25) is 0 Å². The number of nitrogens with zero attached hydrogens (tertiary/aromatic N) is 2. The Labute approximate surface area is 164 Å². The fraction of sp³-hybridized carbons (Fsp3) is 0.350. The highest BCUT2D eigenvalue weighted by Crippen LogP contribution is 2.23. The molecule has 2 aromatic rings. The van der Waals surface area contributed by atoms with Crippen LogP contribution < -0.4 is 11.1 Å². The molecule has 1 radical (unpaired) electrons. The first-order valence-electron chi connectivity index (χ1n) is 8.91. The van der Waals surface area contributed by atoms with Gasteiger partial charge in [-0.3, -0.25) is 14.4 Å². The monoisotopic (exact) mass is 385 g/mol. The van der Waals surface area contributed by atoms with Gasteiger partial charge in [0, 0.05) is 18.0 Å². The predicted octanol–water partition coefficient (Wildman–Crippen LogP) is 1.42. The molecule has 0 saturated heterocycles. The Kier molecular flexibility index (Phi) is 7.45. The van der Waals surface area contributed by atoms with E-state index < -0.39 is 17.7 Å². The molecule has 1 aromatic heterocycles. The molecule has 1 heterocycles. The summed E-state index contributed by atoms with van der Waals surface area (Å²) in [4.78, 5) is 41.8. The van der Waals surface area contributed by atoms with Gasteiger partial charge in [-0.1, -0.05) is 25.1 Å². The van der Waals surface area contributed by atoms with Crippen LogP contribution in [0, 0.1) is 12.3 Å². The van der Waals surface area contributed by atoms with Gasteiger partial charge in [0.25, 0.3) is 0 Å². The van der Waals surface area contributed by atoms with Gasteiger partial charge in [-0.25, -0.2) is 4.98 Å². The van der Waals surface area contributed by atoms with Crippen molar-refractivity contribution in [2.24, 2.45) is 11.7 Å². The Morgan fingerprint density at radius 3 is 2.54 bits per heavy atom. The zero-order valence-electron chi connectivity index (χ0n) is 16.3. The van der Waals surface area contributed by atoms with Crippen LogP contribution >= 0.6 is 0 Å². The lowest BCUT2D eigenvalue weighted by molar-refractivity contribution is -0.121. The number of hydrogen-bond donors (Lipinski definition) is 2. The van der Waals surface area contributed by atoms with Crippen LogP contribution in [0.15, 0.2) is 34.7 Å². The maximum atomic E-state index is 12.6. The van der Waals surface area contributed by atoms with Crippen molar-refractivity contribution in [2.75, 3.05) is 20.6 Å². The number of carbonyl (C=O) groups excluding carboxylic acids is 3. The number of ketones is 1. The number of oxazole rings is 1. The standard InChI is InChI=1S/C20H25N4O4/c1-13(19(21)27)9-10-17(26)22-11-16(25)18-15(12-24(2)3)23-20(28-18)14-7-5-4-6-8-14/h4-8,10,13H,9,11-12H2,1-3H3,(H2,21,27)(H,22,26). The highest BCUT2D eigenvalue weighted by Gasteiger charge is 2.22. The van der Waals surface area contributed by atoms with E-state index in [1.807, 2.05) is 49.3 Å². The van der Waals surface area contributed by atoms with Crippen LogP contribution in [0.1, 0.15) is 29.6 Å². The SMILES string of the molecule is CC(C[CH]C(=O)NCC(=O)c1oc(-c2ccccc2)nc1CN(C)C)C(N)=O. The lowest BCUT2D eigenvalue weighted by Crippen LogP contribution is -2.31. The van der Waals surface area contributed by atoms with E-state index in [9.17, 15) is 14.4 Å². The number of benzene rings is 1. The van der Waals surface area contributed by atoms with E-state index in [1.54, 1.807) is 6.92 Å². The van der Waals surface area contributed by atoms with Crippen molar-refractivity contribution >= 4 is 17.6 Å². The Balaban J connectivity index is 2.06. The van der Waals surface area contributed by atoms with E-state index in [-0.39, 0.29) is 24.5 Å². The van der Waals surface area contributed by atoms with E-state index in [0.29, 0.717) is 18.1 Å². The summed E-state index contributed by atoms with van der Waals surface area (Å²) in [6.07, 6.45) is 1.51. The minimum Gasteiger partial charge on any atom is -0.433 e. The molecule has 0 aliphatic carbocycles. The molecular weight excluding hydrogens is 360 g/mol. The lowest BCUT2D eigenvalue weighted by atomic mass is 10.1. The molecule has 149 valence electrons. The van der Waals surface area contributed by atoms with E-state index in [0.717, 1.165) is 5.56 Å². The quantitative estimate of drug-likeness (QED) is 0.597. The van der Waals surface area contributed by atoms with E-state index >= 15 is 0 Å². The molecule has 1 unspecified atom stereocenters. The van der Waals surface area contributed by atoms with Crippen LogP contribution in [0.4, 0.5) is 0 Å². The molecule has 0 fully saturated rings.